The van der Waals surface area contributed by atoms with Crippen molar-refractivity contribution in [3.05, 3.63) is 63.7 Å². The van der Waals surface area contributed by atoms with Crippen LogP contribution in [0.25, 0.3) is 0 Å². The van der Waals surface area contributed by atoms with Crippen molar-refractivity contribution >= 4 is 21.6 Å². The van der Waals surface area contributed by atoms with E-state index in [1.807, 2.05) is 25.1 Å². The largest absolute Gasteiger partial charge is 0.378 e. The molecule has 1 heterocycles. The van der Waals surface area contributed by atoms with E-state index in [-0.39, 0.29) is 24.0 Å². The number of hydrogen-bond acceptors (Lipinski definition) is 6. The van der Waals surface area contributed by atoms with Gasteiger partial charge in [0.1, 0.15) is 0 Å². The number of nitrogens with one attached hydrogen (secondary N) is 1. The molecule has 1 atom stereocenters. The van der Waals surface area contributed by atoms with E-state index >= 15 is 0 Å². The van der Waals surface area contributed by atoms with Gasteiger partial charge in [0.25, 0.3) is 0 Å². The molecule has 176 valence electrons. The van der Waals surface area contributed by atoms with E-state index in [0.29, 0.717) is 26.4 Å². The summed E-state index contributed by atoms with van der Waals surface area (Å²) >= 11 is 6.52. The Balaban J connectivity index is 1.63. The maximum Gasteiger partial charge on any atom is 0.240 e. The van der Waals surface area contributed by atoms with Gasteiger partial charge in [-0.25, -0.2) is 13.1 Å². The van der Waals surface area contributed by atoms with Crippen molar-refractivity contribution in [2.75, 3.05) is 53.1 Å². The number of sulfonamides is 1. The van der Waals surface area contributed by atoms with Gasteiger partial charge in [-0.2, -0.15) is 0 Å². The number of halogens is 1. The Kier molecular flexibility index (Phi) is 9.07. The summed E-state index contributed by atoms with van der Waals surface area (Å²) in [4.78, 5) is 2.47. The van der Waals surface area contributed by atoms with Crippen molar-refractivity contribution in [3.8, 4) is 0 Å². The predicted molar refractivity (Wildman–Crippen MR) is 127 cm³/mol. The fraction of sp³-hybridized carbons (Fsp3) is 0.478. The zero-order valence-electron chi connectivity index (χ0n) is 18.6. The fourth-order valence-electron chi connectivity index (χ4n) is 3.92. The van der Waals surface area contributed by atoms with Gasteiger partial charge in [-0.15, -0.1) is 0 Å². The summed E-state index contributed by atoms with van der Waals surface area (Å²) in [6, 6.07) is 11.3. The van der Waals surface area contributed by atoms with Crippen LogP contribution in [0, 0.1) is 6.92 Å². The lowest BCUT2D eigenvalue weighted by atomic mass is 9.84. The predicted octanol–water partition coefficient (Wildman–Crippen LogP) is 2.50. The molecule has 0 saturated heterocycles. The summed E-state index contributed by atoms with van der Waals surface area (Å²) in [5, 5.41) is 0.785. The van der Waals surface area contributed by atoms with Gasteiger partial charge >= 0.3 is 0 Å². The second-order valence-electron chi connectivity index (χ2n) is 8.04. The molecule has 32 heavy (non-hydrogen) atoms. The molecule has 2 aromatic carbocycles. The highest BCUT2D eigenvalue weighted by molar-refractivity contribution is 7.89. The molecular weight excluding hydrogens is 450 g/mol. The van der Waals surface area contributed by atoms with Crippen molar-refractivity contribution in [2.45, 2.75) is 24.3 Å². The van der Waals surface area contributed by atoms with E-state index in [4.69, 9.17) is 26.8 Å². The monoisotopic (exact) mass is 481 g/mol. The van der Waals surface area contributed by atoms with Crippen LogP contribution in [0.3, 0.4) is 0 Å². The second-order valence-corrected chi connectivity index (χ2v) is 10.2. The summed E-state index contributed by atoms with van der Waals surface area (Å²) in [7, 11) is -1.53. The molecule has 0 spiro atoms. The van der Waals surface area contributed by atoms with Gasteiger partial charge < -0.3 is 20.1 Å². The van der Waals surface area contributed by atoms with E-state index in [9.17, 15) is 8.42 Å². The first-order chi connectivity index (χ1) is 15.3. The van der Waals surface area contributed by atoms with Gasteiger partial charge in [-0.05, 0) is 54.4 Å². The maximum atomic E-state index is 12.6. The van der Waals surface area contributed by atoms with E-state index in [1.54, 1.807) is 12.1 Å². The summed E-state index contributed by atoms with van der Waals surface area (Å²) in [5.74, 6) is 0.140. The van der Waals surface area contributed by atoms with Gasteiger partial charge in [0.2, 0.25) is 10.0 Å². The van der Waals surface area contributed by atoms with Crippen LogP contribution in [0.5, 0.6) is 0 Å². The highest BCUT2D eigenvalue weighted by atomic mass is 35.5. The van der Waals surface area contributed by atoms with Crippen molar-refractivity contribution in [1.29, 1.82) is 0 Å². The van der Waals surface area contributed by atoms with Crippen LogP contribution in [-0.2, 0) is 26.0 Å². The molecule has 1 aliphatic heterocycles. The Morgan fingerprint density at radius 1 is 1.12 bits per heavy atom. The Labute approximate surface area is 195 Å². The number of rotatable bonds is 11. The van der Waals surface area contributed by atoms with Gasteiger partial charge in [0, 0.05) is 37.1 Å². The van der Waals surface area contributed by atoms with Gasteiger partial charge in [-0.3, -0.25) is 0 Å². The molecule has 7 nitrogen and oxygen atoms in total. The number of ether oxygens (including phenoxy) is 2. The van der Waals surface area contributed by atoms with Crippen LogP contribution in [0.1, 0.15) is 28.2 Å². The topological polar surface area (TPSA) is 93.9 Å². The molecule has 0 amide bonds. The summed E-state index contributed by atoms with van der Waals surface area (Å²) in [6.45, 7) is 5.96. The average molecular weight is 482 g/mol. The third-order valence-corrected chi connectivity index (χ3v) is 7.25. The Bertz CT molecular complexity index is 999. The van der Waals surface area contributed by atoms with Crippen LogP contribution < -0.4 is 10.5 Å². The molecule has 0 aromatic heterocycles. The van der Waals surface area contributed by atoms with E-state index in [0.717, 1.165) is 34.8 Å². The lowest BCUT2D eigenvalue weighted by molar-refractivity contribution is 0.0530. The molecule has 9 heteroatoms. The molecule has 0 fully saturated rings. The fourth-order valence-corrected chi connectivity index (χ4v) is 5.28. The number of benzene rings is 2. The number of hydrogen-bond donors (Lipinski definition) is 2. The van der Waals surface area contributed by atoms with Crippen LogP contribution in [-0.4, -0.2) is 66.4 Å². The first-order valence-electron chi connectivity index (χ1n) is 10.7. The lowest BCUT2D eigenvalue weighted by Gasteiger charge is -2.33. The van der Waals surface area contributed by atoms with Crippen molar-refractivity contribution in [3.63, 3.8) is 0 Å². The summed E-state index contributed by atoms with van der Waals surface area (Å²) in [6.07, 6.45) is 0. The highest BCUT2D eigenvalue weighted by Gasteiger charge is 2.27. The quantitative estimate of drug-likeness (QED) is 0.479. The summed E-state index contributed by atoms with van der Waals surface area (Å²) in [5.41, 5.74) is 9.89. The molecule has 0 saturated carbocycles. The van der Waals surface area contributed by atoms with Crippen molar-refractivity contribution in [2.24, 2.45) is 5.73 Å². The van der Waals surface area contributed by atoms with Crippen LogP contribution in [0.2, 0.25) is 5.02 Å². The second kappa shape index (κ2) is 11.6. The van der Waals surface area contributed by atoms with Crippen molar-refractivity contribution in [1.82, 2.24) is 9.62 Å². The minimum Gasteiger partial charge on any atom is -0.378 e. The number of fused-ring (bicyclic) bond motifs is 1. The number of likely N-dealkylation sites (N-methyl/N-ethyl adjacent to an activating group) is 1. The number of aryl methyl sites for hydroxylation is 1. The minimum absolute atomic E-state index is 0.140. The molecule has 1 unspecified atom stereocenters. The Morgan fingerprint density at radius 3 is 2.50 bits per heavy atom. The van der Waals surface area contributed by atoms with Gasteiger partial charge in [-0.1, -0.05) is 29.8 Å². The molecule has 1 aliphatic rings. The Hall–Kier alpha value is -1.52. The zero-order valence-corrected chi connectivity index (χ0v) is 20.2. The van der Waals surface area contributed by atoms with Crippen LogP contribution in [0.4, 0.5) is 0 Å². The Morgan fingerprint density at radius 2 is 1.81 bits per heavy atom. The van der Waals surface area contributed by atoms with Crippen LogP contribution in [0.15, 0.2) is 41.3 Å². The first-order valence-corrected chi connectivity index (χ1v) is 12.6. The average Bonchev–Trinajstić information content (AvgIpc) is 2.76. The molecule has 3 N–H and O–H groups in total. The number of nitrogens with two attached hydrogens (primary N) is 1. The molecule has 0 aliphatic carbocycles. The SMILES string of the molecule is Cc1cc(Cl)c2c(c1)C(c1ccc(S(=O)(=O)NCCOCCOCCN)cc1)CN(C)C2. The lowest BCUT2D eigenvalue weighted by Crippen LogP contribution is -2.31. The van der Waals surface area contributed by atoms with Gasteiger partial charge in [0.05, 0.1) is 31.3 Å². The third kappa shape index (κ3) is 6.51. The third-order valence-electron chi connectivity index (χ3n) is 5.44. The molecule has 0 bridgehead atoms. The molecule has 2 aromatic rings. The zero-order chi connectivity index (χ0) is 23.1. The van der Waals surface area contributed by atoms with E-state index < -0.39 is 10.0 Å². The van der Waals surface area contributed by atoms with E-state index in [1.165, 1.54) is 5.56 Å². The molecular formula is C23H32ClN3O4S. The van der Waals surface area contributed by atoms with Crippen molar-refractivity contribution < 1.29 is 17.9 Å². The van der Waals surface area contributed by atoms with Gasteiger partial charge in [0.15, 0.2) is 0 Å². The smallest absolute Gasteiger partial charge is 0.240 e. The molecule has 3 rings (SSSR count). The maximum absolute atomic E-state index is 12.6. The number of nitrogens with zero attached hydrogens (tertiary/aromatic N) is 1. The molecule has 0 radical (unpaired) electrons. The van der Waals surface area contributed by atoms with Crippen LogP contribution >= 0.6 is 11.6 Å². The van der Waals surface area contributed by atoms with E-state index in [2.05, 4.69) is 22.7 Å². The highest BCUT2D eigenvalue weighted by Crippen LogP contribution is 2.37. The normalized spacial score (nSPS) is 16.8. The minimum atomic E-state index is -3.60. The first kappa shape index (κ1) is 25.1. The standard InChI is InChI=1S/C23H32ClN3O4S/c1-17-13-20-21(15-27(2)16-22(20)23(24)14-17)18-3-5-19(6-4-18)32(28,29)26-8-10-31-12-11-30-9-7-25/h3-6,13-14,21,26H,7-12,15-16,25H2,1-2H3. The summed E-state index contributed by atoms with van der Waals surface area (Å²) < 4.78 is 38.3.